The normalized spacial score (nSPS) is 15.4. The molecule has 2 amide bonds. The fourth-order valence-corrected chi connectivity index (χ4v) is 3.43. The molecular weight excluding hydrogens is 324 g/mol. The number of carbonyl (C=O) groups excluding carboxylic acids is 1. The van der Waals surface area contributed by atoms with E-state index in [2.05, 4.69) is 65.8 Å². The van der Waals surface area contributed by atoms with E-state index >= 15 is 0 Å². The van der Waals surface area contributed by atoms with Gasteiger partial charge in [0.05, 0.1) is 5.52 Å². The Bertz CT molecular complexity index is 921. The van der Waals surface area contributed by atoms with Gasteiger partial charge in [-0.15, -0.1) is 0 Å². The number of anilines is 1. The number of rotatable bonds is 2. The Kier molecular flexibility index (Phi) is 4.37. The molecule has 1 aliphatic heterocycles. The highest BCUT2D eigenvalue weighted by atomic mass is 16.2. The van der Waals surface area contributed by atoms with Crippen molar-refractivity contribution < 1.29 is 4.79 Å². The van der Waals surface area contributed by atoms with Gasteiger partial charge in [-0.3, -0.25) is 10.4 Å². The third-order valence-corrected chi connectivity index (χ3v) is 5.24. The number of amides is 2. The quantitative estimate of drug-likeness (QED) is 0.698. The van der Waals surface area contributed by atoms with Gasteiger partial charge in [-0.25, -0.2) is 4.79 Å². The zero-order valence-electron chi connectivity index (χ0n) is 15.2. The Morgan fingerprint density at radius 1 is 1.12 bits per heavy atom. The van der Waals surface area contributed by atoms with Gasteiger partial charge in [0.1, 0.15) is 0 Å². The molecule has 26 heavy (non-hydrogen) atoms. The lowest BCUT2D eigenvalue weighted by Gasteiger charge is -2.30. The molecule has 0 aliphatic carbocycles. The average Bonchev–Trinajstić information content (AvgIpc) is 3.05. The number of aromatic nitrogens is 2. The van der Waals surface area contributed by atoms with E-state index in [0.717, 1.165) is 42.4 Å². The van der Waals surface area contributed by atoms with Gasteiger partial charge in [0.2, 0.25) is 0 Å². The molecule has 1 aromatic heterocycles. The number of fused-ring (bicyclic) bond motifs is 1. The third kappa shape index (κ3) is 3.29. The fourth-order valence-electron chi connectivity index (χ4n) is 3.43. The minimum Gasteiger partial charge on any atom is -0.324 e. The van der Waals surface area contributed by atoms with Gasteiger partial charge in [0.15, 0.2) is 5.82 Å². The Morgan fingerprint density at radius 3 is 2.54 bits per heavy atom. The second kappa shape index (κ2) is 6.83. The lowest BCUT2D eigenvalue weighted by atomic mass is 10.00. The summed E-state index contributed by atoms with van der Waals surface area (Å²) in [6, 6.07) is 14.6. The molecule has 0 spiro atoms. The average molecular weight is 348 g/mol. The molecule has 0 radical (unpaired) electrons. The van der Waals surface area contributed by atoms with Gasteiger partial charge in [-0.1, -0.05) is 42.8 Å². The number of hydrogen-bond donors (Lipinski definition) is 2. The van der Waals surface area contributed by atoms with Crippen LogP contribution in [-0.4, -0.2) is 34.2 Å². The van der Waals surface area contributed by atoms with Crippen LogP contribution in [0.1, 0.15) is 25.3 Å². The standard InChI is InChI=1S/C21H24N4O/c1-14-3-5-16(6-4-14)17-7-8-18-19(13-17)23-24-20(18)22-21(26)25-11-9-15(2)10-12-25/h3-8,13,15H,9-12H2,1-2H3,(H2,22,23,24,26). The number of benzene rings is 2. The van der Waals surface area contributed by atoms with E-state index in [1.54, 1.807) is 0 Å². The van der Waals surface area contributed by atoms with Crippen LogP contribution in [0.5, 0.6) is 0 Å². The van der Waals surface area contributed by atoms with Gasteiger partial charge < -0.3 is 4.90 Å². The number of nitrogens with one attached hydrogen (secondary N) is 2. The third-order valence-electron chi connectivity index (χ3n) is 5.24. The maximum absolute atomic E-state index is 12.5. The van der Waals surface area contributed by atoms with Gasteiger partial charge in [-0.05, 0) is 48.9 Å². The summed E-state index contributed by atoms with van der Waals surface area (Å²) in [4.78, 5) is 14.4. The van der Waals surface area contributed by atoms with Crippen molar-refractivity contribution in [2.75, 3.05) is 18.4 Å². The molecule has 5 nitrogen and oxygen atoms in total. The smallest absolute Gasteiger partial charge is 0.323 e. The van der Waals surface area contributed by atoms with Gasteiger partial charge in [0, 0.05) is 18.5 Å². The van der Waals surface area contributed by atoms with Crippen molar-refractivity contribution in [3.8, 4) is 11.1 Å². The topological polar surface area (TPSA) is 61.0 Å². The molecule has 5 heteroatoms. The first-order valence-electron chi connectivity index (χ1n) is 9.21. The van der Waals surface area contributed by atoms with Crippen molar-refractivity contribution in [1.29, 1.82) is 0 Å². The molecule has 3 aromatic rings. The molecule has 0 bridgehead atoms. The molecule has 1 fully saturated rings. The number of aryl methyl sites for hydroxylation is 1. The van der Waals surface area contributed by atoms with Crippen LogP contribution in [0, 0.1) is 12.8 Å². The van der Waals surface area contributed by atoms with Crippen LogP contribution in [0.4, 0.5) is 10.6 Å². The molecule has 4 rings (SSSR count). The molecule has 2 N–H and O–H groups in total. The van der Waals surface area contributed by atoms with Crippen molar-refractivity contribution in [2.45, 2.75) is 26.7 Å². The molecule has 1 aliphatic rings. The Hall–Kier alpha value is -2.82. The first-order chi connectivity index (χ1) is 12.6. The van der Waals surface area contributed by atoms with Crippen LogP contribution in [0.25, 0.3) is 22.0 Å². The summed E-state index contributed by atoms with van der Waals surface area (Å²) in [6.07, 6.45) is 2.13. The summed E-state index contributed by atoms with van der Waals surface area (Å²) >= 11 is 0. The maximum atomic E-state index is 12.5. The molecule has 2 heterocycles. The molecule has 0 atom stereocenters. The Morgan fingerprint density at radius 2 is 1.81 bits per heavy atom. The monoisotopic (exact) mass is 348 g/mol. The Labute approximate surface area is 153 Å². The number of hydrogen-bond acceptors (Lipinski definition) is 2. The number of nitrogens with zero attached hydrogens (tertiary/aromatic N) is 2. The lowest BCUT2D eigenvalue weighted by Crippen LogP contribution is -2.40. The number of piperidine rings is 1. The first-order valence-corrected chi connectivity index (χ1v) is 9.21. The van der Waals surface area contributed by atoms with Crippen LogP contribution < -0.4 is 5.32 Å². The fraction of sp³-hybridized carbons (Fsp3) is 0.333. The highest BCUT2D eigenvalue weighted by molar-refractivity contribution is 6.00. The van der Waals surface area contributed by atoms with Crippen molar-refractivity contribution in [2.24, 2.45) is 5.92 Å². The Balaban J connectivity index is 1.54. The molecule has 134 valence electrons. The van der Waals surface area contributed by atoms with E-state index in [1.165, 1.54) is 11.1 Å². The molecular formula is C21H24N4O. The summed E-state index contributed by atoms with van der Waals surface area (Å²) in [6.45, 7) is 5.95. The van der Waals surface area contributed by atoms with Gasteiger partial charge in [0.25, 0.3) is 0 Å². The first kappa shape index (κ1) is 16.6. The zero-order chi connectivity index (χ0) is 18.1. The number of likely N-dealkylation sites (tertiary alicyclic amines) is 1. The van der Waals surface area contributed by atoms with E-state index in [0.29, 0.717) is 11.7 Å². The highest BCUT2D eigenvalue weighted by Crippen LogP contribution is 2.27. The van der Waals surface area contributed by atoms with E-state index in [1.807, 2.05) is 11.0 Å². The van der Waals surface area contributed by atoms with Crippen molar-refractivity contribution in [3.63, 3.8) is 0 Å². The predicted octanol–water partition coefficient (Wildman–Crippen LogP) is 4.80. The SMILES string of the molecule is Cc1ccc(-c2ccc3c(NC(=O)N4CCC(C)CC4)n[nH]c3c2)cc1. The summed E-state index contributed by atoms with van der Waals surface area (Å²) in [5.74, 6) is 1.30. The maximum Gasteiger partial charge on any atom is 0.323 e. The number of H-pyrrole nitrogens is 1. The minimum absolute atomic E-state index is 0.0621. The predicted molar refractivity (Wildman–Crippen MR) is 105 cm³/mol. The number of aromatic amines is 1. The second-order valence-electron chi connectivity index (χ2n) is 7.30. The van der Waals surface area contributed by atoms with Crippen molar-refractivity contribution in [1.82, 2.24) is 15.1 Å². The number of carbonyl (C=O) groups is 1. The van der Waals surface area contributed by atoms with E-state index in [9.17, 15) is 4.79 Å². The highest BCUT2D eigenvalue weighted by Gasteiger charge is 2.21. The van der Waals surface area contributed by atoms with Gasteiger partial charge >= 0.3 is 6.03 Å². The minimum atomic E-state index is -0.0621. The summed E-state index contributed by atoms with van der Waals surface area (Å²) in [7, 11) is 0. The molecule has 1 saturated heterocycles. The van der Waals surface area contributed by atoms with E-state index in [-0.39, 0.29) is 6.03 Å². The zero-order valence-corrected chi connectivity index (χ0v) is 15.2. The second-order valence-corrected chi connectivity index (χ2v) is 7.30. The van der Waals surface area contributed by atoms with E-state index < -0.39 is 0 Å². The summed E-state index contributed by atoms with van der Waals surface area (Å²) < 4.78 is 0. The van der Waals surface area contributed by atoms with Crippen molar-refractivity contribution in [3.05, 3.63) is 48.0 Å². The summed E-state index contributed by atoms with van der Waals surface area (Å²) in [5, 5.41) is 11.2. The summed E-state index contributed by atoms with van der Waals surface area (Å²) in [5.41, 5.74) is 4.46. The van der Waals surface area contributed by atoms with Gasteiger partial charge in [-0.2, -0.15) is 5.10 Å². The van der Waals surface area contributed by atoms with Crippen LogP contribution in [0.2, 0.25) is 0 Å². The number of urea groups is 1. The van der Waals surface area contributed by atoms with Crippen LogP contribution in [0.15, 0.2) is 42.5 Å². The van der Waals surface area contributed by atoms with Crippen LogP contribution in [0.3, 0.4) is 0 Å². The largest absolute Gasteiger partial charge is 0.324 e. The molecule has 2 aromatic carbocycles. The van der Waals surface area contributed by atoms with E-state index in [4.69, 9.17) is 0 Å². The molecule has 0 unspecified atom stereocenters. The van der Waals surface area contributed by atoms with Crippen LogP contribution >= 0.6 is 0 Å². The van der Waals surface area contributed by atoms with Crippen LogP contribution in [-0.2, 0) is 0 Å². The van der Waals surface area contributed by atoms with Crippen molar-refractivity contribution >= 4 is 22.8 Å². The lowest BCUT2D eigenvalue weighted by molar-refractivity contribution is 0.186. The molecule has 0 saturated carbocycles.